The number of rotatable bonds is 5. The summed E-state index contributed by atoms with van der Waals surface area (Å²) in [4.78, 5) is 13.6. The van der Waals surface area contributed by atoms with E-state index in [1.807, 2.05) is 0 Å². The van der Waals surface area contributed by atoms with Crippen LogP contribution in [-0.4, -0.2) is 37.6 Å². The van der Waals surface area contributed by atoms with E-state index in [9.17, 15) is 9.18 Å². The van der Waals surface area contributed by atoms with E-state index < -0.39 is 0 Å². The number of methoxy groups -OCH3 is 1. The van der Waals surface area contributed by atoms with Gasteiger partial charge in [-0.25, -0.2) is 4.39 Å². The first-order valence-electron chi connectivity index (χ1n) is 6.72. The van der Waals surface area contributed by atoms with Crippen LogP contribution in [-0.2, 0) is 16.0 Å². The molecule has 0 radical (unpaired) electrons. The highest BCUT2D eigenvalue weighted by Gasteiger charge is 2.29. The SMILES string of the molecule is COCCN1C[C@H](Cc2cc(F)c(C)cc2Cl)CC1=O. The van der Waals surface area contributed by atoms with Crippen LogP contribution in [0.4, 0.5) is 4.39 Å². The van der Waals surface area contributed by atoms with Gasteiger partial charge in [-0.1, -0.05) is 11.6 Å². The minimum absolute atomic E-state index is 0.135. The quantitative estimate of drug-likeness (QED) is 0.837. The Balaban J connectivity index is 2.01. The zero-order valence-corrected chi connectivity index (χ0v) is 12.5. The molecule has 1 heterocycles. The predicted octanol–water partition coefficient (Wildman–Crippen LogP) is 2.82. The van der Waals surface area contributed by atoms with Crippen molar-refractivity contribution in [2.75, 3.05) is 26.8 Å². The summed E-state index contributed by atoms with van der Waals surface area (Å²) in [7, 11) is 1.62. The number of ether oxygens (including phenoxy) is 1. The maximum absolute atomic E-state index is 13.6. The molecular weight excluding hydrogens is 281 g/mol. The predicted molar refractivity (Wildman–Crippen MR) is 76.4 cm³/mol. The molecule has 2 rings (SSSR count). The molecule has 1 aliphatic rings. The summed E-state index contributed by atoms with van der Waals surface area (Å²) in [5.74, 6) is 0.0830. The van der Waals surface area contributed by atoms with Crippen molar-refractivity contribution in [1.82, 2.24) is 4.90 Å². The van der Waals surface area contributed by atoms with Gasteiger partial charge in [0.15, 0.2) is 0 Å². The molecule has 1 amide bonds. The smallest absolute Gasteiger partial charge is 0.223 e. The molecule has 0 aliphatic carbocycles. The van der Waals surface area contributed by atoms with Crippen LogP contribution < -0.4 is 0 Å². The Morgan fingerprint density at radius 3 is 2.95 bits per heavy atom. The second-order valence-electron chi connectivity index (χ2n) is 5.30. The van der Waals surface area contributed by atoms with Gasteiger partial charge in [-0.15, -0.1) is 0 Å². The van der Waals surface area contributed by atoms with Crippen molar-refractivity contribution in [3.8, 4) is 0 Å². The molecule has 0 spiro atoms. The fraction of sp³-hybridized carbons (Fsp3) is 0.533. The minimum Gasteiger partial charge on any atom is -0.383 e. The Kier molecular flexibility index (Phi) is 5.00. The lowest BCUT2D eigenvalue weighted by molar-refractivity contribution is -0.128. The van der Waals surface area contributed by atoms with E-state index in [0.29, 0.717) is 43.1 Å². The average Bonchev–Trinajstić information content (AvgIpc) is 2.74. The Morgan fingerprint density at radius 1 is 1.50 bits per heavy atom. The second-order valence-corrected chi connectivity index (χ2v) is 5.71. The van der Waals surface area contributed by atoms with Crippen molar-refractivity contribution >= 4 is 17.5 Å². The second kappa shape index (κ2) is 6.55. The molecule has 5 heteroatoms. The molecule has 110 valence electrons. The van der Waals surface area contributed by atoms with E-state index >= 15 is 0 Å². The number of hydrogen-bond donors (Lipinski definition) is 0. The van der Waals surface area contributed by atoms with E-state index in [1.54, 1.807) is 25.0 Å². The topological polar surface area (TPSA) is 29.5 Å². The largest absolute Gasteiger partial charge is 0.383 e. The highest BCUT2D eigenvalue weighted by molar-refractivity contribution is 6.31. The fourth-order valence-corrected chi connectivity index (χ4v) is 2.86. The van der Waals surface area contributed by atoms with Gasteiger partial charge in [0.05, 0.1) is 6.61 Å². The third-order valence-corrected chi connectivity index (χ3v) is 4.05. The zero-order chi connectivity index (χ0) is 14.7. The van der Waals surface area contributed by atoms with Crippen LogP contribution in [0.25, 0.3) is 0 Å². The summed E-state index contributed by atoms with van der Waals surface area (Å²) < 4.78 is 18.6. The Morgan fingerprint density at radius 2 is 2.25 bits per heavy atom. The number of aryl methyl sites for hydroxylation is 1. The molecule has 1 saturated heterocycles. The van der Waals surface area contributed by atoms with E-state index in [-0.39, 0.29) is 17.6 Å². The normalized spacial score (nSPS) is 18.9. The number of nitrogens with zero attached hydrogens (tertiary/aromatic N) is 1. The summed E-state index contributed by atoms with van der Waals surface area (Å²) in [6.45, 7) is 3.53. The van der Waals surface area contributed by atoms with Crippen molar-refractivity contribution in [3.63, 3.8) is 0 Å². The highest BCUT2D eigenvalue weighted by Crippen LogP contribution is 2.27. The molecule has 1 atom stereocenters. The van der Waals surface area contributed by atoms with Gasteiger partial charge in [0, 0.05) is 31.6 Å². The maximum atomic E-state index is 13.6. The molecule has 3 nitrogen and oxygen atoms in total. The van der Waals surface area contributed by atoms with Crippen LogP contribution in [0.15, 0.2) is 12.1 Å². The van der Waals surface area contributed by atoms with Gasteiger partial charge in [-0.05, 0) is 42.5 Å². The average molecular weight is 300 g/mol. The van der Waals surface area contributed by atoms with E-state index in [1.165, 1.54) is 6.07 Å². The fourth-order valence-electron chi connectivity index (χ4n) is 2.56. The molecule has 0 bridgehead atoms. The number of halogens is 2. The van der Waals surface area contributed by atoms with Crippen molar-refractivity contribution in [3.05, 3.63) is 34.1 Å². The van der Waals surface area contributed by atoms with Gasteiger partial charge < -0.3 is 9.64 Å². The summed E-state index contributed by atoms with van der Waals surface area (Å²) in [5.41, 5.74) is 1.32. The van der Waals surface area contributed by atoms with E-state index in [4.69, 9.17) is 16.3 Å². The molecule has 1 aliphatic heterocycles. The number of benzene rings is 1. The van der Waals surface area contributed by atoms with Crippen LogP contribution >= 0.6 is 11.6 Å². The monoisotopic (exact) mass is 299 g/mol. The minimum atomic E-state index is -0.245. The highest BCUT2D eigenvalue weighted by atomic mass is 35.5. The molecule has 0 aromatic heterocycles. The molecule has 0 saturated carbocycles. The number of carbonyl (C=O) groups is 1. The molecule has 1 aromatic rings. The van der Waals surface area contributed by atoms with Crippen molar-refractivity contribution in [2.45, 2.75) is 19.8 Å². The van der Waals surface area contributed by atoms with Gasteiger partial charge in [-0.2, -0.15) is 0 Å². The lowest BCUT2D eigenvalue weighted by Gasteiger charge is -2.16. The lowest BCUT2D eigenvalue weighted by Crippen LogP contribution is -2.28. The van der Waals surface area contributed by atoms with Gasteiger partial charge >= 0.3 is 0 Å². The van der Waals surface area contributed by atoms with E-state index in [0.717, 1.165) is 5.56 Å². The summed E-state index contributed by atoms with van der Waals surface area (Å²) in [6, 6.07) is 3.13. The maximum Gasteiger partial charge on any atom is 0.223 e. The third kappa shape index (κ3) is 3.49. The number of hydrogen-bond acceptors (Lipinski definition) is 2. The zero-order valence-electron chi connectivity index (χ0n) is 11.8. The van der Waals surface area contributed by atoms with Crippen molar-refractivity contribution in [1.29, 1.82) is 0 Å². The molecule has 1 fully saturated rings. The molecule has 0 unspecified atom stereocenters. The molecule has 1 aromatic carbocycles. The standard InChI is InChI=1S/C15H19ClFNO2/c1-10-5-13(16)12(8-14(10)17)6-11-7-15(19)18(9-11)3-4-20-2/h5,8,11H,3-4,6-7,9H2,1-2H3/t11-/m1/s1. The van der Waals surface area contributed by atoms with Gasteiger partial charge in [0.25, 0.3) is 0 Å². The van der Waals surface area contributed by atoms with E-state index in [2.05, 4.69) is 0 Å². The summed E-state index contributed by atoms with van der Waals surface area (Å²) >= 11 is 6.15. The van der Waals surface area contributed by atoms with Crippen molar-refractivity contribution in [2.24, 2.45) is 5.92 Å². The molecular formula is C15H19ClFNO2. The Labute approximate surface area is 123 Å². The van der Waals surface area contributed by atoms with Crippen LogP contribution in [0.5, 0.6) is 0 Å². The molecule has 0 N–H and O–H groups in total. The van der Waals surface area contributed by atoms with Gasteiger partial charge in [0.1, 0.15) is 5.82 Å². The number of carbonyl (C=O) groups excluding carboxylic acids is 1. The third-order valence-electron chi connectivity index (χ3n) is 3.70. The first-order chi connectivity index (χ1) is 9.51. The first-order valence-corrected chi connectivity index (χ1v) is 7.10. The van der Waals surface area contributed by atoms with Crippen LogP contribution in [0.1, 0.15) is 17.5 Å². The van der Waals surface area contributed by atoms with Crippen LogP contribution in [0.3, 0.4) is 0 Å². The van der Waals surface area contributed by atoms with Crippen LogP contribution in [0.2, 0.25) is 5.02 Å². The summed E-state index contributed by atoms with van der Waals surface area (Å²) in [5, 5.41) is 0.576. The van der Waals surface area contributed by atoms with Crippen LogP contribution in [0, 0.1) is 18.7 Å². The first kappa shape index (κ1) is 15.3. The Hall–Kier alpha value is -1.13. The van der Waals surface area contributed by atoms with Gasteiger partial charge in [-0.3, -0.25) is 4.79 Å². The van der Waals surface area contributed by atoms with Gasteiger partial charge in [0.2, 0.25) is 5.91 Å². The van der Waals surface area contributed by atoms with Crippen molar-refractivity contribution < 1.29 is 13.9 Å². The Bertz CT molecular complexity index is 507. The number of amides is 1. The summed E-state index contributed by atoms with van der Waals surface area (Å²) in [6.07, 6.45) is 1.13. The number of likely N-dealkylation sites (tertiary alicyclic amines) is 1. The molecule has 20 heavy (non-hydrogen) atoms. The lowest BCUT2D eigenvalue weighted by atomic mass is 9.97.